The number of thiophene rings is 1. The fourth-order valence-electron chi connectivity index (χ4n) is 2.49. The van der Waals surface area contributed by atoms with E-state index in [1.807, 2.05) is 11.3 Å². The topological polar surface area (TPSA) is 0 Å². The zero-order valence-electron chi connectivity index (χ0n) is 13.6. The minimum absolute atomic E-state index is 0.113. The summed E-state index contributed by atoms with van der Waals surface area (Å²) >= 11 is 1.92. The van der Waals surface area contributed by atoms with Gasteiger partial charge < -0.3 is 0 Å². The van der Waals surface area contributed by atoms with Crippen LogP contribution in [0, 0.1) is 13.8 Å². The highest BCUT2D eigenvalue weighted by molar-refractivity contribution is 7.65. The van der Waals surface area contributed by atoms with E-state index in [1.165, 1.54) is 37.3 Å². The zero-order chi connectivity index (χ0) is 15.7. The minimum Gasteiger partial charge on any atom is -0.135 e. The van der Waals surface area contributed by atoms with E-state index >= 15 is 0 Å². The maximum atomic E-state index is 2.40. The smallest absolute Gasteiger partial charge is 0.0425 e. The first kappa shape index (κ1) is 15.5. The van der Waals surface area contributed by atoms with Gasteiger partial charge in [-0.15, -0.1) is 11.3 Å². The van der Waals surface area contributed by atoms with Gasteiger partial charge in [0.15, 0.2) is 0 Å². The molecule has 0 radical (unpaired) electrons. The quantitative estimate of drug-likeness (QED) is 0.513. The summed E-state index contributed by atoms with van der Waals surface area (Å²) in [4.78, 5) is 2.81. The van der Waals surface area contributed by atoms with E-state index in [-0.39, 0.29) is 7.92 Å². The molecule has 22 heavy (non-hydrogen) atoms. The highest BCUT2D eigenvalue weighted by atomic mass is 32.1. The maximum absolute atomic E-state index is 2.40. The molecule has 1 heterocycles. The Labute approximate surface area is 138 Å². The second kappa shape index (κ2) is 6.36. The summed E-state index contributed by atoms with van der Waals surface area (Å²) in [6.45, 7) is 8.96. The standard InChI is InChI=1S/C20H21PS/c1-14-5-9-16(10-6-14)19-13-18(21(3)4)20(22-19)17-11-7-15(2)8-12-17/h5-13H,1-4H3. The van der Waals surface area contributed by atoms with Gasteiger partial charge in [-0.25, -0.2) is 0 Å². The van der Waals surface area contributed by atoms with Gasteiger partial charge in [-0.1, -0.05) is 67.6 Å². The van der Waals surface area contributed by atoms with Gasteiger partial charge in [0.1, 0.15) is 0 Å². The SMILES string of the molecule is Cc1ccc(-c2cc(P(C)C)c(-c3ccc(C)cc3)s2)cc1. The Bertz CT molecular complexity index is 764. The van der Waals surface area contributed by atoms with Crippen LogP contribution in [0.1, 0.15) is 11.1 Å². The van der Waals surface area contributed by atoms with Crippen LogP contribution >= 0.6 is 19.3 Å². The fourth-order valence-corrected chi connectivity index (χ4v) is 5.25. The lowest BCUT2D eigenvalue weighted by Crippen LogP contribution is -1.98. The molecule has 0 atom stereocenters. The lowest BCUT2D eigenvalue weighted by atomic mass is 10.1. The second-order valence-electron chi connectivity index (χ2n) is 5.95. The average Bonchev–Trinajstić information content (AvgIpc) is 2.94. The van der Waals surface area contributed by atoms with E-state index in [4.69, 9.17) is 0 Å². The van der Waals surface area contributed by atoms with Crippen molar-refractivity contribution < 1.29 is 0 Å². The Kier molecular flexibility index (Phi) is 4.47. The lowest BCUT2D eigenvalue weighted by Gasteiger charge is -2.07. The molecule has 0 nitrogen and oxygen atoms in total. The number of hydrogen-bond acceptors (Lipinski definition) is 1. The van der Waals surface area contributed by atoms with E-state index in [2.05, 4.69) is 81.8 Å². The van der Waals surface area contributed by atoms with Crippen molar-refractivity contribution in [2.24, 2.45) is 0 Å². The van der Waals surface area contributed by atoms with Crippen molar-refractivity contribution in [1.29, 1.82) is 0 Å². The number of rotatable bonds is 3. The van der Waals surface area contributed by atoms with Gasteiger partial charge in [-0.3, -0.25) is 0 Å². The van der Waals surface area contributed by atoms with Gasteiger partial charge >= 0.3 is 0 Å². The van der Waals surface area contributed by atoms with E-state index in [0.717, 1.165) is 0 Å². The van der Waals surface area contributed by atoms with E-state index in [0.29, 0.717) is 0 Å². The number of aryl methyl sites for hydroxylation is 2. The van der Waals surface area contributed by atoms with Gasteiger partial charge in [-0.2, -0.15) is 0 Å². The van der Waals surface area contributed by atoms with Gasteiger partial charge in [0.05, 0.1) is 0 Å². The third kappa shape index (κ3) is 3.16. The van der Waals surface area contributed by atoms with Crippen molar-refractivity contribution in [2.75, 3.05) is 13.3 Å². The van der Waals surface area contributed by atoms with Crippen molar-refractivity contribution in [3.05, 3.63) is 65.7 Å². The third-order valence-electron chi connectivity index (χ3n) is 3.84. The number of benzene rings is 2. The molecule has 0 N–H and O–H groups in total. The van der Waals surface area contributed by atoms with Crippen molar-refractivity contribution in [3.8, 4) is 20.9 Å². The van der Waals surface area contributed by atoms with E-state index in [1.54, 1.807) is 0 Å². The van der Waals surface area contributed by atoms with Crippen LogP contribution in [0.5, 0.6) is 0 Å². The first-order chi connectivity index (χ1) is 10.5. The molecule has 0 aliphatic carbocycles. The molecule has 0 saturated heterocycles. The Morgan fingerprint density at radius 3 is 1.73 bits per heavy atom. The molecule has 2 heteroatoms. The van der Waals surface area contributed by atoms with Crippen molar-refractivity contribution in [2.45, 2.75) is 13.8 Å². The number of hydrogen-bond donors (Lipinski definition) is 0. The largest absolute Gasteiger partial charge is 0.135 e. The van der Waals surface area contributed by atoms with Crippen LogP contribution in [0.2, 0.25) is 0 Å². The first-order valence-corrected chi connectivity index (χ1v) is 10.5. The summed E-state index contributed by atoms with van der Waals surface area (Å²) in [6.07, 6.45) is 0. The van der Waals surface area contributed by atoms with Crippen LogP contribution in [0.15, 0.2) is 54.6 Å². The Balaban J connectivity index is 2.09. The minimum atomic E-state index is -0.113. The summed E-state index contributed by atoms with van der Waals surface area (Å²) < 4.78 is 0. The molecule has 0 spiro atoms. The average molecular weight is 324 g/mol. The molecule has 0 aliphatic heterocycles. The summed E-state index contributed by atoms with van der Waals surface area (Å²) in [7, 11) is -0.113. The summed E-state index contributed by atoms with van der Waals surface area (Å²) in [6, 6.07) is 20.2. The molecule has 0 bridgehead atoms. The van der Waals surface area contributed by atoms with Gasteiger partial charge in [0.2, 0.25) is 0 Å². The van der Waals surface area contributed by atoms with E-state index in [9.17, 15) is 0 Å². The van der Waals surface area contributed by atoms with Crippen LogP contribution in [-0.4, -0.2) is 13.3 Å². The van der Waals surface area contributed by atoms with Crippen LogP contribution in [0.4, 0.5) is 0 Å². The van der Waals surface area contributed by atoms with Gasteiger partial charge in [0, 0.05) is 9.75 Å². The van der Waals surface area contributed by atoms with Crippen molar-refractivity contribution >= 4 is 24.6 Å². The highest BCUT2D eigenvalue weighted by Crippen LogP contribution is 2.40. The molecule has 0 saturated carbocycles. The van der Waals surface area contributed by atoms with Crippen LogP contribution in [0.3, 0.4) is 0 Å². The van der Waals surface area contributed by atoms with Crippen LogP contribution < -0.4 is 5.30 Å². The molecule has 0 amide bonds. The monoisotopic (exact) mass is 324 g/mol. The third-order valence-corrected chi connectivity index (χ3v) is 6.54. The predicted octanol–water partition coefficient (Wildman–Crippen LogP) is 6.07. The van der Waals surface area contributed by atoms with E-state index < -0.39 is 0 Å². The molecule has 1 aromatic heterocycles. The molecule has 0 fully saturated rings. The predicted molar refractivity (Wildman–Crippen MR) is 103 cm³/mol. The molecule has 2 aromatic carbocycles. The van der Waals surface area contributed by atoms with Crippen molar-refractivity contribution in [1.82, 2.24) is 0 Å². The summed E-state index contributed by atoms with van der Waals surface area (Å²) in [5.41, 5.74) is 5.30. The lowest BCUT2D eigenvalue weighted by molar-refractivity contribution is 1.48. The Morgan fingerprint density at radius 1 is 0.727 bits per heavy atom. The molecule has 0 aliphatic rings. The van der Waals surface area contributed by atoms with Gasteiger partial charge in [-0.05, 0) is 49.7 Å². The second-order valence-corrected chi connectivity index (χ2v) is 9.27. The fraction of sp³-hybridized carbons (Fsp3) is 0.200. The first-order valence-electron chi connectivity index (χ1n) is 7.50. The van der Waals surface area contributed by atoms with Crippen LogP contribution in [0.25, 0.3) is 20.9 Å². The van der Waals surface area contributed by atoms with Gasteiger partial charge in [0.25, 0.3) is 0 Å². The van der Waals surface area contributed by atoms with Crippen LogP contribution in [-0.2, 0) is 0 Å². The molecule has 0 unspecified atom stereocenters. The molecule has 3 aromatic rings. The Hall–Kier alpha value is -1.43. The highest BCUT2D eigenvalue weighted by Gasteiger charge is 2.14. The maximum Gasteiger partial charge on any atom is 0.0425 e. The Morgan fingerprint density at radius 2 is 1.23 bits per heavy atom. The molecule has 3 rings (SSSR count). The summed E-state index contributed by atoms with van der Waals surface area (Å²) in [5.74, 6) is 0. The molecular weight excluding hydrogens is 303 g/mol. The summed E-state index contributed by atoms with van der Waals surface area (Å²) in [5, 5.41) is 1.51. The molecular formula is C20H21PS. The normalized spacial score (nSPS) is 11.1. The zero-order valence-corrected chi connectivity index (χ0v) is 15.3. The molecule has 112 valence electrons. The van der Waals surface area contributed by atoms with Crippen molar-refractivity contribution in [3.63, 3.8) is 0 Å².